The van der Waals surface area contributed by atoms with Gasteiger partial charge in [0, 0.05) is 4.88 Å². The quantitative estimate of drug-likeness (QED) is 0.542. The molecule has 27 heavy (non-hydrogen) atoms. The zero-order valence-corrected chi connectivity index (χ0v) is 15.6. The van der Waals surface area contributed by atoms with Gasteiger partial charge < -0.3 is 14.1 Å². The van der Waals surface area contributed by atoms with Crippen LogP contribution in [-0.2, 0) is 11.2 Å². The Labute approximate surface area is 158 Å². The molecule has 0 unspecified atom stereocenters. The Morgan fingerprint density at radius 1 is 1.22 bits per heavy atom. The summed E-state index contributed by atoms with van der Waals surface area (Å²) in [5, 5.41) is 0.609. The SMILES string of the molecule is COC(=O)c1ccc(Cc2nc3sc(-c4ccccc4)c(C)c3c(=O)[nH]2)o1. The van der Waals surface area contributed by atoms with Gasteiger partial charge in [-0.2, -0.15) is 0 Å². The highest BCUT2D eigenvalue weighted by molar-refractivity contribution is 7.22. The molecule has 0 bridgehead atoms. The molecule has 1 aromatic carbocycles. The van der Waals surface area contributed by atoms with Gasteiger partial charge in [0.05, 0.1) is 18.9 Å². The first kappa shape index (κ1) is 17.2. The lowest BCUT2D eigenvalue weighted by Crippen LogP contribution is -2.11. The number of nitrogens with zero attached hydrogens (tertiary/aromatic N) is 1. The smallest absolute Gasteiger partial charge is 0.373 e. The van der Waals surface area contributed by atoms with Gasteiger partial charge in [0.25, 0.3) is 5.56 Å². The number of esters is 1. The number of aromatic amines is 1. The molecule has 136 valence electrons. The van der Waals surface area contributed by atoms with E-state index in [2.05, 4.69) is 14.7 Å². The predicted molar refractivity (Wildman–Crippen MR) is 103 cm³/mol. The highest BCUT2D eigenvalue weighted by Gasteiger charge is 2.17. The zero-order valence-electron chi connectivity index (χ0n) is 14.7. The van der Waals surface area contributed by atoms with Gasteiger partial charge in [-0.3, -0.25) is 4.79 Å². The maximum Gasteiger partial charge on any atom is 0.373 e. The number of nitrogens with one attached hydrogen (secondary N) is 1. The molecule has 6 nitrogen and oxygen atoms in total. The minimum absolute atomic E-state index is 0.120. The summed E-state index contributed by atoms with van der Waals surface area (Å²) >= 11 is 1.49. The topological polar surface area (TPSA) is 85.2 Å². The van der Waals surface area contributed by atoms with E-state index < -0.39 is 5.97 Å². The molecule has 0 atom stereocenters. The molecule has 0 fully saturated rings. The molecule has 7 heteroatoms. The van der Waals surface area contributed by atoms with E-state index in [1.165, 1.54) is 18.4 Å². The van der Waals surface area contributed by atoms with E-state index in [0.717, 1.165) is 16.0 Å². The molecule has 0 saturated heterocycles. The van der Waals surface area contributed by atoms with Crippen molar-refractivity contribution in [3.05, 3.63) is 75.7 Å². The summed E-state index contributed by atoms with van der Waals surface area (Å²) in [6.45, 7) is 1.94. The van der Waals surface area contributed by atoms with Crippen LogP contribution < -0.4 is 5.56 Å². The Morgan fingerprint density at radius 3 is 2.74 bits per heavy atom. The Balaban J connectivity index is 1.73. The number of thiophene rings is 1. The highest BCUT2D eigenvalue weighted by Crippen LogP contribution is 2.35. The number of hydrogen-bond acceptors (Lipinski definition) is 6. The molecule has 0 amide bonds. The Morgan fingerprint density at radius 2 is 2.00 bits per heavy atom. The van der Waals surface area contributed by atoms with E-state index in [9.17, 15) is 9.59 Å². The van der Waals surface area contributed by atoms with Crippen LogP contribution >= 0.6 is 11.3 Å². The fourth-order valence-electron chi connectivity index (χ4n) is 2.99. The molecule has 0 spiro atoms. The second kappa shape index (κ2) is 6.85. The van der Waals surface area contributed by atoms with Crippen molar-refractivity contribution < 1.29 is 13.9 Å². The van der Waals surface area contributed by atoms with Crippen LogP contribution in [0.3, 0.4) is 0 Å². The van der Waals surface area contributed by atoms with Crippen molar-refractivity contribution in [1.29, 1.82) is 0 Å². The van der Waals surface area contributed by atoms with Crippen molar-refractivity contribution in [2.45, 2.75) is 13.3 Å². The van der Waals surface area contributed by atoms with Crippen molar-refractivity contribution in [3.63, 3.8) is 0 Å². The maximum atomic E-state index is 12.6. The van der Waals surface area contributed by atoms with Gasteiger partial charge in [-0.15, -0.1) is 11.3 Å². The van der Waals surface area contributed by atoms with Crippen LogP contribution in [0.25, 0.3) is 20.7 Å². The van der Waals surface area contributed by atoms with Gasteiger partial charge in [-0.25, -0.2) is 9.78 Å². The summed E-state index contributed by atoms with van der Waals surface area (Å²) in [6, 6.07) is 13.2. The normalized spacial score (nSPS) is 11.0. The second-order valence-electron chi connectivity index (χ2n) is 6.05. The Kier molecular flexibility index (Phi) is 4.37. The molecule has 4 rings (SSSR count). The van der Waals surface area contributed by atoms with E-state index >= 15 is 0 Å². The number of fused-ring (bicyclic) bond motifs is 1. The number of hydrogen-bond donors (Lipinski definition) is 1. The molecular formula is C20H16N2O4S. The van der Waals surface area contributed by atoms with E-state index in [1.54, 1.807) is 12.1 Å². The van der Waals surface area contributed by atoms with Crippen LogP contribution in [0.4, 0.5) is 0 Å². The number of carbonyl (C=O) groups is 1. The van der Waals surface area contributed by atoms with Gasteiger partial charge in [0.2, 0.25) is 5.76 Å². The minimum atomic E-state index is -0.542. The molecule has 3 aromatic heterocycles. The first-order chi connectivity index (χ1) is 13.1. The lowest BCUT2D eigenvalue weighted by Gasteiger charge is -1.99. The van der Waals surface area contributed by atoms with Crippen molar-refractivity contribution >= 4 is 27.5 Å². The van der Waals surface area contributed by atoms with Gasteiger partial charge in [0.15, 0.2) is 0 Å². The molecule has 3 heterocycles. The highest BCUT2D eigenvalue weighted by atomic mass is 32.1. The van der Waals surface area contributed by atoms with Gasteiger partial charge in [0.1, 0.15) is 16.4 Å². The van der Waals surface area contributed by atoms with Gasteiger partial charge >= 0.3 is 5.97 Å². The summed E-state index contributed by atoms with van der Waals surface area (Å²) < 4.78 is 10.1. The van der Waals surface area contributed by atoms with E-state index in [4.69, 9.17) is 4.42 Å². The van der Waals surface area contributed by atoms with E-state index in [-0.39, 0.29) is 17.7 Å². The number of furan rings is 1. The van der Waals surface area contributed by atoms with Crippen molar-refractivity contribution in [2.24, 2.45) is 0 Å². The van der Waals surface area contributed by atoms with E-state index in [1.807, 2.05) is 37.3 Å². The summed E-state index contributed by atoms with van der Waals surface area (Å²) in [6.07, 6.45) is 0.278. The number of ether oxygens (including phenoxy) is 1. The molecule has 1 N–H and O–H groups in total. The molecule has 4 aromatic rings. The third-order valence-corrected chi connectivity index (χ3v) is 5.51. The molecule has 0 aliphatic rings. The van der Waals surface area contributed by atoms with E-state index in [0.29, 0.717) is 21.8 Å². The minimum Gasteiger partial charge on any atom is -0.463 e. The number of rotatable bonds is 4. The maximum absolute atomic E-state index is 12.6. The van der Waals surface area contributed by atoms with Crippen LogP contribution in [0.5, 0.6) is 0 Å². The van der Waals surface area contributed by atoms with Crippen LogP contribution in [0.1, 0.15) is 27.7 Å². The average molecular weight is 380 g/mol. The first-order valence-corrected chi connectivity index (χ1v) is 9.13. The van der Waals surface area contributed by atoms with Crippen LogP contribution in [-0.4, -0.2) is 23.0 Å². The number of aryl methyl sites for hydroxylation is 1. The summed E-state index contributed by atoms with van der Waals surface area (Å²) in [7, 11) is 1.29. The Bertz CT molecular complexity index is 1190. The second-order valence-corrected chi connectivity index (χ2v) is 7.05. The molecule has 0 aliphatic carbocycles. The standard InChI is InChI=1S/C20H16N2O4S/c1-11-16-18(23)21-15(10-13-8-9-14(26-13)20(24)25-2)22-19(16)27-17(11)12-6-4-3-5-7-12/h3-9H,10H2,1-2H3,(H,21,22,23). The number of H-pyrrole nitrogens is 1. The molecule has 0 radical (unpaired) electrons. The fraction of sp³-hybridized carbons (Fsp3) is 0.150. The first-order valence-electron chi connectivity index (χ1n) is 8.31. The van der Waals surface area contributed by atoms with Gasteiger partial charge in [-0.05, 0) is 30.2 Å². The predicted octanol–water partition coefficient (Wildman–Crippen LogP) is 3.93. The number of benzene rings is 1. The van der Waals surface area contributed by atoms with Crippen LogP contribution in [0, 0.1) is 6.92 Å². The Hall–Kier alpha value is -3.19. The number of aromatic nitrogens is 2. The third-order valence-electron chi connectivity index (χ3n) is 4.28. The summed E-state index contributed by atoms with van der Waals surface area (Å²) in [4.78, 5) is 33.3. The fourth-order valence-corrected chi connectivity index (χ4v) is 4.19. The van der Waals surface area contributed by atoms with Gasteiger partial charge in [-0.1, -0.05) is 30.3 Å². The lowest BCUT2D eigenvalue weighted by molar-refractivity contribution is 0.0563. The largest absolute Gasteiger partial charge is 0.463 e. The number of methoxy groups -OCH3 is 1. The average Bonchev–Trinajstić information content (AvgIpc) is 3.26. The molecule has 0 aliphatic heterocycles. The monoisotopic (exact) mass is 380 g/mol. The number of carbonyl (C=O) groups excluding carboxylic acids is 1. The summed E-state index contributed by atoms with van der Waals surface area (Å²) in [5.41, 5.74) is 1.81. The zero-order chi connectivity index (χ0) is 19.0. The van der Waals surface area contributed by atoms with Crippen molar-refractivity contribution in [1.82, 2.24) is 9.97 Å². The van der Waals surface area contributed by atoms with Crippen molar-refractivity contribution in [3.8, 4) is 10.4 Å². The third kappa shape index (κ3) is 3.17. The molecule has 0 saturated carbocycles. The lowest BCUT2D eigenvalue weighted by atomic mass is 10.1. The summed E-state index contributed by atoms with van der Waals surface area (Å²) in [5.74, 6) is 0.586. The van der Waals surface area contributed by atoms with Crippen molar-refractivity contribution in [2.75, 3.05) is 7.11 Å². The molecular weight excluding hydrogens is 364 g/mol. The van der Waals surface area contributed by atoms with Crippen LogP contribution in [0.2, 0.25) is 0 Å². The van der Waals surface area contributed by atoms with Crippen LogP contribution in [0.15, 0.2) is 51.7 Å².